The third-order valence-electron chi connectivity index (χ3n) is 5.92. The van der Waals surface area contributed by atoms with Gasteiger partial charge in [0.25, 0.3) is 5.91 Å². The van der Waals surface area contributed by atoms with E-state index in [0.29, 0.717) is 0 Å². The number of nitrogens with one attached hydrogen (secondary N) is 1. The van der Waals surface area contributed by atoms with Crippen molar-refractivity contribution in [2.75, 3.05) is 26.6 Å². The third kappa shape index (κ3) is 8.72. The van der Waals surface area contributed by atoms with Crippen LogP contribution < -0.4 is 29.0 Å². The van der Waals surface area contributed by atoms with Gasteiger partial charge in [-0.3, -0.25) is 14.4 Å². The fraction of sp³-hybridized carbons (Fsp3) is 0.226. The number of methoxy groups -OCH3 is 3. The van der Waals surface area contributed by atoms with Gasteiger partial charge in [0.2, 0.25) is 12.2 Å². The molecule has 0 bridgehead atoms. The van der Waals surface area contributed by atoms with Crippen LogP contribution in [-0.2, 0) is 28.7 Å². The molecule has 0 aliphatic carbocycles. The standard InChI is InChI=1S/C31H29NO14/c1-16(33)43-22-12-10-18(14-24(22)41-4)30(38)45-26(28(35)32-20-8-6-7-9-21(20)40-3)27(29(36)37)46-31(39)19-11-13-23(44-17(2)34)25(15-19)42-5/h6-15,26-27H,1-5H3,(H,32,35)(H,36,37)/t26-,27-/m1/s1. The Balaban J connectivity index is 1.99. The molecule has 46 heavy (non-hydrogen) atoms. The van der Waals surface area contributed by atoms with Gasteiger partial charge in [-0.25, -0.2) is 14.4 Å². The largest absolute Gasteiger partial charge is 0.495 e. The van der Waals surface area contributed by atoms with E-state index in [2.05, 4.69) is 5.32 Å². The molecule has 0 saturated heterocycles. The third-order valence-corrected chi connectivity index (χ3v) is 5.92. The maximum atomic E-state index is 13.5. The number of carbonyl (C=O) groups excluding carboxylic acids is 5. The van der Waals surface area contributed by atoms with Gasteiger partial charge in [0, 0.05) is 13.8 Å². The zero-order chi connectivity index (χ0) is 34.0. The summed E-state index contributed by atoms with van der Waals surface area (Å²) in [6.45, 7) is 2.31. The van der Waals surface area contributed by atoms with Crippen LogP contribution in [-0.4, -0.2) is 74.4 Å². The summed E-state index contributed by atoms with van der Waals surface area (Å²) in [6.07, 6.45) is -4.65. The van der Waals surface area contributed by atoms with Crippen molar-refractivity contribution in [1.29, 1.82) is 0 Å². The van der Waals surface area contributed by atoms with Gasteiger partial charge in [0.05, 0.1) is 38.1 Å². The van der Waals surface area contributed by atoms with Crippen LogP contribution in [0, 0.1) is 0 Å². The van der Waals surface area contributed by atoms with E-state index in [4.69, 9.17) is 33.2 Å². The van der Waals surface area contributed by atoms with Crippen LogP contribution >= 0.6 is 0 Å². The number of ether oxygens (including phenoxy) is 7. The Labute approximate surface area is 261 Å². The molecule has 0 heterocycles. The summed E-state index contributed by atoms with van der Waals surface area (Å²) in [5, 5.41) is 12.5. The fourth-order valence-electron chi connectivity index (χ4n) is 3.88. The van der Waals surface area contributed by atoms with E-state index in [1.54, 1.807) is 12.1 Å². The summed E-state index contributed by atoms with van der Waals surface area (Å²) in [6, 6.07) is 13.1. The van der Waals surface area contributed by atoms with E-state index in [1.807, 2.05) is 0 Å². The topological polar surface area (TPSA) is 199 Å². The molecule has 3 aromatic carbocycles. The van der Waals surface area contributed by atoms with Crippen LogP contribution in [0.25, 0.3) is 0 Å². The molecule has 0 saturated carbocycles. The Morgan fingerprint density at radius 3 is 1.50 bits per heavy atom. The van der Waals surface area contributed by atoms with E-state index in [0.717, 1.165) is 32.0 Å². The predicted octanol–water partition coefficient (Wildman–Crippen LogP) is 3.04. The Bertz CT molecular complexity index is 1650. The lowest BCUT2D eigenvalue weighted by Crippen LogP contribution is -2.48. The molecule has 15 heteroatoms. The lowest BCUT2D eigenvalue weighted by atomic mass is 10.1. The summed E-state index contributed by atoms with van der Waals surface area (Å²) in [5.74, 6) is -6.79. The molecule has 1 amide bonds. The van der Waals surface area contributed by atoms with Crippen LogP contribution in [0.4, 0.5) is 5.69 Å². The van der Waals surface area contributed by atoms with Crippen molar-refractivity contribution in [3.8, 4) is 28.7 Å². The highest BCUT2D eigenvalue weighted by Crippen LogP contribution is 2.31. The van der Waals surface area contributed by atoms with Gasteiger partial charge in [-0.2, -0.15) is 0 Å². The minimum Gasteiger partial charge on any atom is -0.495 e. The van der Waals surface area contributed by atoms with Crippen LogP contribution in [0.1, 0.15) is 34.6 Å². The molecule has 2 atom stereocenters. The van der Waals surface area contributed by atoms with Gasteiger partial charge in [-0.1, -0.05) is 12.1 Å². The summed E-state index contributed by atoms with van der Waals surface area (Å²) in [5.41, 5.74) is -0.395. The Morgan fingerprint density at radius 2 is 1.07 bits per heavy atom. The van der Waals surface area contributed by atoms with Crippen LogP contribution in [0.3, 0.4) is 0 Å². The molecule has 0 radical (unpaired) electrons. The molecular formula is C31H29NO14. The molecule has 2 N–H and O–H groups in total. The molecule has 0 unspecified atom stereocenters. The number of anilines is 1. The lowest BCUT2D eigenvalue weighted by molar-refractivity contribution is -0.157. The van der Waals surface area contributed by atoms with Crippen molar-refractivity contribution < 1.29 is 67.0 Å². The van der Waals surface area contributed by atoms with Crippen molar-refractivity contribution >= 4 is 41.4 Å². The lowest BCUT2D eigenvalue weighted by Gasteiger charge is -2.24. The van der Waals surface area contributed by atoms with Gasteiger partial charge in [0.15, 0.2) is 23.0 Å². The second-order valence-corrected chi connectivity index (χ2v) is 9.10. The van der Waals surface area contributed by atoms with Gasteiger partial charge < -0.3 is 43.6 Å². The molecule has 3 rings (SSSR count). The summed E-state index contributed by atoms with van der Waals surface area (Å²) in [7, 11) is 3.82. The number of para-hydroxylation sites is 2. The normalized spacial score (nSPS) is 11.6. The number of esters is 4. The van der Waals surface area contributed by atoms with Crippen molar-refractivity contribution in [2.45, 2.75) is 26.1 Å². The number of carboxylic acids is 1. The number of amides is 1. The van der Waals surface area contributed by atoms with Crippen LogP contribution in [0.2, 0.25) is 0 Å². The summed E-state index contributed by atoms with van der Waals surface area (Å²) < 4.78 is 36.0. The SMILES string of the molecule is COc1ccccc1NC(=O)[C@H](OC(=O)c1ccc(OC(C)=O)c(OC)c1)[C@@H](OC(=O)c1ccc(OC(C)=O)c(OC)c1)C(=O)O. The Kier molecular flexibility index (Phi) is 11.6. The van der Waals surface area contributed by atoms with E-state index < -0.39 is 48.0 Å². The molecule has 0 aliphatic heterocycles. The highest BCUT2D eigenvalue weighted by molar-refractivity contribution is 6.02. The van der Waals surface area contributed by atoms with Crippen LogP contribution in [0.15, 0.2) is 60.7 Å². The molecule has 15 nitrogen and oxygen atoms in total. The molecule has 0 aromatic heterocycles. The Morgan fingerprint density at radius 1 is 0.609 bits per heavy atom. The first-order chi connectivity index (χ1) is 21.9. The van der Waals surface area contributed by atoms with E-state index in [9.17, 15) is 33.9 Å². The highest BCUT2D eigenvalue weighted by atomic mass is 16.6. The molecular weight excluding hydrogens is 610 g/mol. The Hall–Kier alpha value is -6.12. The summed E-state index contributed by atoms with van der Waals surface area (Å²) >= 11 is 0. The smallest absolute Gasteiger partial charge is 0.349 e. The van der Waals surface area contributed by atoms with Crippen molar-refractivity contribution in [1.82, 2.24) is 0 Å². The molecule has 0 fully saturated rings. The van der Waals surface area contributed by atoms with Crippen molar-refractivity contribution in [3.63, 3.8) is 0 Å². The summed E-state index contributed by atoms with van der Waals surface area (Å²) in [4.78, 5) is 75.1. The van der Waals surface area contributed by atoms with E-state index >= 15 is 0 Å². The van der Waals surface area contributed by atoms with E-state index in [-0.39, 0.29) is 45.6 Å². The average molecular weight is 640 g/mol. The molecule has 3 aromatic rings. The number of carboxylic acid groups (broad SMARTS) is 1. The van der Waals surface area contributed by atoms with Gasteiger partial charge in [-0.15, -0.1) is 0 Å². The molecule has 0 spiro atoms. The number of carbonyl (C=O) groups is 6. The monoisotopic (exact) mass is 639 g/mol. The van der Waals surface area contributed by atoms with Gasteiger partial charge in [0.1, 0.15) is 5.75 Å². The first kappa shape index (κ1) is 34.4. The van der Waals surface area contributed by atoms with Crippen molar-refractivity contribution in [2.24, 2.45) is 0 Å². The minimum absolute atomic E-state index is 0.0236. The number of aliphatic carboxylic acids is 1. The zero-order valence-corrected chi connectivity index (χ0v) is 25.2. The maximum Gasteiger partial charge on any atom is 0.349 e. The molecule has 242 valence electrons. The average Bonchev–Trinajstić information content (AvgIpc) is 3.02. The minimum atomic E-state index is -2.38. The second-order valence-electron chi connectivity index (χ2n) is 9.10. The number of rotatable bonds is 13. The molecule has 0 aliphatic rings. The van der Waals surface area contributed by atoms with Crippen molar-refractivity contribution in [3.05, 3.63) is 71.8 Å². The zero-order valence-electron chi connectivity index (χ0n) is 25.2. The quantitative estimate of drug-likeness (QED) is 0.204. The first-order valence-electron chi connectivity index (χ1n) is 13.2. The van der Waals surface area contributed by atoms with Gasteiger partial charge >= 0.3 is 29.8 Å². The maximum absolute atomic E-state index is 13.5. The first-order valence-corrected chi connectivity index (χ1v) is 13.2. The van der Waals surface area contributed by atoms with E-state index in [1.165, 1.54) is 51.7 Å². The fourth-order valence-corrected chi connectivity index (χ4v) is 3.88. The van der Waals surface area contributed by atoms with Crippen LogP contribution in [0.5, 0.6) is 28.7 Å². The number of benzene rings is 3. The van der Waals surface area contributed by atoms with Gasteiger partial charge in [-0.05, 0) is 48.5 Å². The number of hydrogen-bond acceptors (Lipinski definition) is 13. The highest BCUT2D eigenvalue weighted by Gasteiger charge is 2.41. The second kappa shape index (κ2) is 15.6. The predicted molar refractivity (Wildman–Crippen MR) is 156 cm³/mol. The number of hydrogen-bond donors (Lipinski definition) is 2.